The molecule has 0 aromatic rings. The summed E-state index contributed by atoms with van der Waals surface area (Å²) in [6.07, 6.45) is 1.34. The molecule has 12 heavy (non-hydrogen) atoms. The zero-order chi connectivity index (χ0) is 9.40. The molecular weight excluding hydrogens is 154 g/mol. The van der Waals surface area contributed by atoms with E-state index < -0.39 is 0 Å². The summed E-state index contributed by atoms with van der Waals surface area (Å²) in [7, 11) is 0. The number of carbonyl (C=O) groups excluding carboxylic acids is 1. The standard InChI is InChI=1S/C7H13NO.C2H4O/c1-4-7(9)8(5-2)6-3;1-2-3-1/h4H,1,5-6H2,2-3H3;1-2H2. The highest BCUT2D eigenvalue weighted by Gasteiger charge is 2.01. The molecule has 0 saturated carbocycles. The number of likely N-dealkylation sites (N-methyl/N-ethyl adjacent to an activating group) is 1. The Labute approximate surface area is 74.0 Å². The first-order chi connectivity index (χ1) is 5.76. The van der Waals surface area contributed by atoms with Crippen molar-refractivity contribution in [3.63, 3.8) is 0 Å². The van der Waals surface area contributed by atoms with Crippen LogP contribution in [0.2, 0.25) is 0 Å². The van der Waals surface area contributed by atoms with Crippen LogP contribution in [0.4, 0.5) is 0 Å². The van der Waals surface area contributed by atoms with Gasteiger partial charge in [-0.3, -0.25) is 4.79 Å². The van der Waals surface area contributed by atoms with Crippen LogP contribution in [0.5, 0.6) is 0 Å². The quantitative estimate of drug-likeness (QED) is 0.470. The Morgan fingerprint density at radius 2 is 1.92 bits per heavy atom. The van der Waals surface area contributed by atoms with E-state index in [0.717, 1.165) is 26.3 Å². The zero-order valence-corrected chi connectivity index (χ0v) is 7.88. The zero-order valence-electron chi connectivity index (χ0n) is 7.88. The molecule has 1 aliphatic rings. The fraction of sp³-hybridized carbons (Fsp3) is 0.667. The molecule has 0 bridgehead atoms. The minimum Gasteiger partial charge on any atom is -0.377 e. The SMILES string of the molecule is C1CO1.C=CC(=O)N(CC)CC. The molecule has 1 saturated heterocycles. The second-order valence-electron chi connectivity index (χ2n) is 2.33. The second kappa shape index (κ2) is 6.85. The lowest BCUT2D eigenvalue weighted by Crippen LogP contribution is -2.28. The minimum absolute atomic E-state index is 0.0139. The third-order valence-electron chi connectivity index (χ3n) is 1.45. The first kappa shape index (κ1) is 11.2. The van der Waals surface area contributed by atoms with Gasteiger partial charge in [0.05, 0.1) is 13.2 Å². The first-order valence-electron chi connectivity index (χ1n) is 4.25. The molecule has 1 aliphatic heterocycles. The van der Waals surface area contributed by atoms with Crippen LogP contribution in [0, 0.1) is 0 Å². The Bertz CT molecular complexity index is 137. The van der Waals surface area contributed by atoms with Crippen LogP contribution in [-0.4, -0.2) is 37.1 Å². The van der Waals surface area contributed by atoms with Crippen LogP contribution in [0.15, 0.2) is 12.7 Å². The van der Waals surface area contributed by atoms with Gasteiger partial charge in [-0.2, -0.15) is 0 Å². The third-order valence-corrected chi connectivity index (χ3v) is 1.45. The smallest absolute Gasteiger partial charge is 0.245 e. The molecule has 0 aliphatic carbocycles. The number of nitrogens with zero attached hydrogens (tertiary/aromatic N) is 1. The Hall–Kier alpha value is -0.830. The van der Waals surface area contributed by atoms with Crippen LogP contribution < -0.4 is 0 Å². The molecule has 70 valence electrons. The van der Waals surface area contributed by atoms with Crippen molar-refractivity contribution in [2.75, 3.05) is 26.3 Å². The van der Waals surface area contributed by atoms with Gasteiger partial charge in [-0.1, -0.05) is 6.58 Å². The Morgan fingerprint density at radius 1 is 1.50 bits per heavy atom. The van der Waals surface area contributed by atoms with E-state index >= 15 is 0 Å². The van der Waals surface area contributed by atoms with Gasteiger partial charge < -0.3 is 9.64 Å². The topological polar surface area (TPSA) is 32.8 Å². The fourth-order valence-electron chi connectivity index (χ4n) is 0.664. The van der Waals surface area contributed by atoms with E-state index in [-0.39, 0.29) is 5.91 Å². The Balaban J connectivity index is 0.000000330. The molecular formula is C9H17NO2. The van der Waals surface area contributed by atoms with Crippen LogP contribution in [0.1, 0.15) is 13.8 Å². The molecule has 0 aromatic heterocycles. The monoisotopic (exact) mass is 171 g/mol. The van der Waals surface area contributed by atoms with Crippen molar-refractivity contribution in [1.29, 1.82) is 0 Å². The molecule has 0 unspecified atom stereocenters. The highest BCUT2D eigenvalue weighted by Crippen LogP contribution is 1.87. The van der Waals surface area contributed by atoms with Gasteiger partial charge in [0.2, 0.25) is 5.91 Å². The average molecular weight is 171 g/mol. The van der Waals surface area contributed by atoms with Crippen molar-refractivity contribution in [3.8, 4) is 0 Å². The van der Waals surface area contributed by atoms with Gasteiger partial charge in [0.1, 0.15) is 0 Å². The number of ether oxygens (including phenoxy) is 1. The second-order valence-corrected chi connectivity index (χ2v) is 2.33. The Morgan fingerprint density at radius 3 is 2.00 bits per heavy atom. The molecule has 0 aromatic carbocycles. The van der Waals surface area contributed by atoms with E-state index in [1.807, 2.05) is 13.8 Å². The largest absolute Gasteiger partial charge is 0.377 e. The van der Waals surface area contributed by atoms with Gasteiger partial charge in [-0.15, -0.1) is 0 Å². The number of hydrogen-bond acceptors (Lipinski definition) is 2. The van der Waals surface area contributed by atoms with Gasteiger partial charge in [0, 0.05) is 13.1 Å². The summed E-state index contributed by atoms with van der Waals surface area (Å²) in [5, 5.41) is 0. The van der Waals surface area contributed by atoms with Crippen molar-refractivity contribution in [2.24, 2.45) is 0 Å². The first-order valence-corrected chi connectivity index (χ1v) is 4.25. The lowest BCUT2D eigenvalue weighted by Gasteiger charge is -2.15. The predicted molar refractivity (Wildman–Crippen MR) is 48.9 cm³/mol. The van der Waals surface area contributed by atoms with Gasteiger partial charge >= 0.3 is 0 Å². The summed E-state index contributed by atoms with van der Waals surface area (Å²) < 4.78 is 4.50. The van der Waals surface area contributed by atoms with E-state index in [1.54, 1.807) is 4.90 Å². The molecule has 1 rings (SSSR count). The summed E-state index contributed by atoms with van der Waals surface area (Å²) in [5.74, 6) is 0.0139. The number of epoxide rings is 1. The highest BCUT2D eigenvalue weighted by molar-refractivity contribution is 5.86. The van der Waals surface area contributed by atoms with Crippen molar-refractivity contribution < 1.29 is 9.53 Å². The minimum atomic E-state index is 0.0139. The molecule has 0 atom stereocenters. The van der Waals surface area contributed by atoms with E-state index in [1.165, 1.54) is 6.08 Å². The lowest BCUT2D eigenvalue weighted by molar-refractivity contribution is -0.125. The number of rotatable bonds is 3. The fourth-order valence-corrected chi connectivity index (χ4v) is 0.664. The molecule has 0 N–H and O–H groups in total. The van der Waals surface area contributed by atoms with Crippen molar-refractivity contribution in [1.82, 2.24) is 4.90 Å². The van der Waals surface area contributed by atoms with Crippen LogP contribution in [0.3, 0.4) is 0 Å². The van der Waals surface area contributed by atoms with E-state index in [9.17, 15) is 4.79 Å². The van der Waals surface area contributed by atoms with Gasteiger partial charge in [-0.05, 0) is 19.9 Å². The summed E-state index contributed by atoms with van der Waals surface area (Å²) >= 11 is 0. The molecule has 1 heterocycles. The maximum absolute atomic E-state index is 10.8. The predicted octanol–water partition coefficient (Wildman–Crippen LogP) is 1.06. The van der Waals surface area contributed by atoms with E-state index in [2.05, 4.69) is 11.3 Å². The molecule has 3 heteroatoms. The van der Waals surface area contributed by atoms with Crippen molar-refractivity contribution in [3.05, 3.63) is 12.7 Å². The van der Waals surface area contributed by atoms with Crippen LogP contribution in [0.25, 0.3) is 0 Å². The Kier molecular flexibility index (Phi) is 6.38. The average Bonchev–Trinajstić information content (AvgIpc) is 2.92. The summed E-state index contributed by atoms with van der Waals surface area (Å²) in [5.41, 5.74) is 0. The molecule has 1 fully saturated rings. The third kappa shape index (κ3) is 5.92. The number of carbonyl (C=O) groups is 1. The number of hydrogen-bond donors (Lipinski definition) is 0. The van der Waals surface area contributed by atoms with E-state index in [4.69, 9.17) is 0 Å². The maximum Gasteiger partial charge on any atom is 0.245 e. The molecule has 0 spiro atoms. The summed E-state index contributed by atoms with van der Waals surface area (Å²) in [6, 6.07) is 0. The van der Waals surface area contributed by atoms with Gasteiger partial charge in [-0.25, -0.2) is 0 Å². The van der Waals surface area contributed by atoms with Crippen molar-refractivity contribution in [2.45, 2.75) is 13.8 Å². The molecule has 1 amide bonds. The maximum atomic E-state index is 10.8. The number of amides is 1. The van der Waals surface area contributed by atoms with Crippen LogP contribution in [-0.2, 0) is 9.53 Å². The van der Waals surface area contributed by atoms with E-state index in [0.29, 0.717) is 0 Å². The molecule has 0 radical (unpaired) electrons. The summed E-state index contributed by atoms with van der Waals surface area (Å²) in [4.78, 5) is 12.5. The normalized spacial score (nSPS) is 12.5. The lowest BCUT2D eigenvalue weighted by atomic mass is 10.4. The highest BCUT2D eigenvalue weighted by atomic mass is 16.6. The summed E-state index contributed by atoms with van der Waals surface area (Å²) in [6.45, 7) is 10.8. The van der Waals surface area contributed by atoms with Crippen molar-refractivity contribution >= 4 is 5.91 Å². The molecule has 3 nitrogen and oxygen atoms in total. The van der Waals surface area contributed by atoms with Crippen LogP contribution >= 0.6 is 0 Å². The van der Waals surface area contributed by atoms with Gasteiger partial charge in [0.15, 0.2) is 0 Å². The van der Waals surface area contributed by atoms with Gasteiger partial charge in [0.25, 0.3) is 0 Å².